The highest BCUT2D eigenvalue weighted by atomic mass is 19.4. The fraction of sp³-hybridized carbons (Fsp3) is 0.111. The largest absolute Gasteiger partial charge is 0.506 e. The lowest BCUT2D eigenvalue weighted by molar-refractivity contribution is -0.137. The van der Waals surface area contributed by atoms with Gasteiger partial charge in [0.05, 0.1) is 16.9 Å². The van der Waals surface area contributed by atoms with Crippen LogP contribution in [0.1, 0.15) is 11.1 Å². The first-order valence-electron chi connectivity index (χ1n) is 7.36. The van der Waals surface area contributed by atoms with Crippen molar-refractivity contribution in [1.82, 2.24) is 0 Å². The first-order chi connectivity index (χ1) is 12.2. The lowest BCUT2D eigenvalue weighted by Gasteiger charge is -2.13. The van der Waals surface area contributed by atoms with Crippen LogP contribution in [-0.4, -0.2) is 11.0 Å². The van der Waals surface area contributed by atoms with Crippen molar-refractivity contribution in [2.75, 3.05) is 10.6 Å². The monoisotopic (exact) mass is 361 g/mol. The van der Waals surface area contributed by atoms with Crippen molar-refractivity contribution in [2.24, 2.45) is 0 Å². The topological polar surface area (TPSA) is 85.2 Å². The van der Waals surface area contributed by atoms with E-state index in [0.29, 0.717) is 0 Å². The summed E-state index contributed by atoms with van der Waals surface area (Å²) in [6.07, 6.45) is -3.63. The van der Waals surface area contributed by atoms with E-state index in [4.69, 9.17) is 5.26 Å². The Morgan fingerprint density at radius 2 is 1.88 bits per heavy atom. The summed E-state index contributed by atoms with van der Waals surface area (Å²) in [5, 5.41) is 23.5. The summed E-state index contributed by atoms with van der Waals surface area (Å²) in [5.41, 5.74) is -0.857. The summed E-state index contributed by atoms with van der Waals surface area (Å²) in [6.45, 7) is 1.78. The second-order valence-electron chi connectivity index (χ2n) is 5.33. The number of nitrogens with zero attached hydrogens (tertiary/aromatic N) is 1. The molecule has 0 saturated carbocycles. The second kappa shape index (κ2) is 7.61. The number of aryl methyl sites for hydroxylation is 1. The van der Waals surface area contributed by atoms with E-state index in [2.05, 4.69) is 10.6 Å². The van der Waals surface area contributed by atoms with E-state index in [1.54, 1.807) is 25.1 Å². The van der Waals surface area contributed by atoms with Crippen LogP contribution < -0.4 is 10.6 Å². The first-order valence-corrected chi connectivity index (χ1v) is 7.36. The number of aromatic hydroxyl groups is 1. The molecule has 2 aromatic rings. The van der Waals surface area contributed by atoms with E-state index in [-0.39, 0.29) is 11.4 Å². The Labute approximate surface area is 147 Å². The molecule has 0 unspecified atom stereocenters. The van der Waals surface area contributed by atoms with Crippen molar-refractivity contribution in [3.8, 4) is 11.8 Å². The van der Waals surface area contributed by atoms with Crippen LogP contribution in [0.4, 0.5) is 24.5 Å². The average molecular weight is 361 g/mol. The van der Waals surface area contributed by atoms with Gasteiger partial charge in [-0.3, -0.25) is 4.79 Å². The van der Waals surface area contributed by atoms with Gasteiger partial charge in [0.1, 0.15) is 17.4 Å². The Morgan fingerprint density at radius 1 is 1.19 bits per heavy atom. The summed E-state index contributed by atoms with van der Waals surface area (Å²) in [6, 6.07) is 10.7. The highest BCUT2D eigenvalue weighted by Gasteiger charge is 2.33. The number of hydrogen-bond acceptors (Lipinski definition) is 4. The van der Waals surface area contributed by atoms with Crippen LogP contribution in [0.15, 0.2) is 54.2 Å². The van der Waals surface area contributed by atoms with Crippen molar-refractivity contribution in [3.63, 3.8) is 0 Å². The average Bonchev–Trinajstić information content (AvgIpc) is 2.58. The summed E-state index contributed by atoms with van der Waals surface area (Å²) in [4.78, 5) is 12.1. The maximum absolute atomic E-state index is 13.0. The number of hydrogen-bond donors (Lipinski definition) is 3. The zero-order valence-electron chi connectivity index (χ0n) is 13.6. The van der Waals surface area contributed by atoms with Crippen molar-refractivity contribution >= 4 is 17.3 Å². The van der Waals surface area contributed by atoms with E-state index in [1.165, 1.54) is 18.2 Å². The van der Waals surface area contributed by atoms with Crippen molar-refractivity contribution in [3.05, 3.63) is 65.4 Å². The molecule has 0 bridgehead atoms. The molecule has 0 fully saturated rings. The Balaban J connectivity index is 2.23. The Kier molecular flexibility index (Phi) is 5.52. The zero-order valence-corrected chi connectivity index (χ0v) is 13.6. The number of phenols is 1. The molecule has 0 heterocycles. The molecule has 0 atom stereocenters. The third kappa shape index (κ3) is 4.54. The van der Waals surface area contributed by atoms with Gasteiger partial charge in [-0.25, -0.2) is 0 Å². The number of phenolic OH excluding ortho intramolecular Hbond substituents is 1. The SMILES string of the molecule is Cc1ccc(O)c(N/C=C(/C#N)C(=O)Nc2ccccc2C(F)(F)F)c1. The molecule has 2 aromatic carbocycles. The second-order valence-corrected chi connectivity index (χ2v) is 5.33. The van der Waals surface area contributed by atoms with Crippen molar-refractivity contribution in [2.45, 2.75) is 13.1 Å². The smallest absolute Gasteiger partial charge is 0.418 e. The predicted octanol–water partition coefficient (Wildman–Crippen LogP) is 4.18. The summed E-state index contributed by atoms with van der Waals surface area (Å²) < 4.78 is 38.9. The van der Waals surface area contributed by atoms with Gasteiger partial charge < -0.3 is 15.7 Å². The third-order valence-electron chi connectivity index (χ3n) is 3.37. The summed E-state index contributed by atoms with van der Waals surface area (Å²) >= 11 is 0. The number of para-hydroxylation sites is 1. The number of nitrogens with one attached hydrogen (secondary N) is 2. The van der Waals surface area contributed by atoms with Gasteiger partial charge in [0.25, 0.3) is 5.91 Å². The molecule has 0 spiro atoms. The Bertz CT molecular complexity index is 899. The number of alkyl halides is 3. The quantitative estimate of drug-likeness (QED) is 0.433. The molecular formula is C18H14F3N3O2. The Hall–Kier alpha value is -3.47. The van der Waals surface area contributed by atoms with Crippen molar-refractivity contribution < 1.29 is 23.1 Å². The number of carbonyl (C=O) groups excluding carboxylic acids is 1. The van der Waals surface area contributed by atoms with Gasteiger partial charge in [-0.2, -0.15) is 18.4 Å². The van der Waals surface area contributed by atoms with Gasteiger partial charge in [0.15, 0.2) is 0 Å². The molecule has 26 heavy (non-hydrogen) atoms. The molecule has 8 heteroatoms. The molecule has 2 rings (SSSR count). The van der Waals surface area contributed by atoms with Crippen LogP contribution in [0.2, 0.25) is 0 Å². The lowest BCUT2D eigenvalue weighted by Crippen LogP contribution is -2.18. The number of benzene rings is 2. The van der Waals surface area contributed by atoms with Gasteiger partial charge in [-0.1, -0.05) is 18.2 Å². The number of nitriles is 1. The number of rotatable bonds is 4. The lowest BCUT2D eigenvalue weighted by atomic mass is 10.1. The molecular weight excluding hydrogens is 347 g/mol. The number of amides is 1. The van der Waals surface area contributed by atoms with Crippen LogP contribution in [0.25, 0.3) is 0 Å². The number of anilines is 2. The molecule has 0 aliphatic heterocycles. The fourth-order valence-electron chi connectivity index (χ4n) is 2.09. The van der Waals surface area contributed by atoms with E-state index >= 15 is 0 Å². The van der Waals surface area contributed by atoms with Gasteiger partial charge in [-0.05, 0) is 36.8 Å². The maximum atomic E-state index is 13.0. The zero-order chi connectivity index (χ0) is 19.3. The summed E-state index contributed by atoms with van der Waals surface area (Å²) in [7, 11) is 0. The van der Waals surface area contributed by atoms with E-state index in [1.807, 2.05) is 0 Å². The van der Waals surface area contributed by atoms with E-state index < -0.39 is 28.9 Å². The standard InChI is InChI=1S/C18H14F3N3O2/c1-11-6-7-16(25)15(8-11)23-10-12(9-22)17(26)24-14-5-3-2-4-13(14)18(19,20)21/h2-8,10,23,25H,1H3,(H,24,26)/b12-10-. The van der Waals surface area contributed by atoms with Crippen molar-refractivity contribution in [1.29, 1.82) is 5.26 Å². The minimum absolute atomic E-state index is 0.105. The molecule has 134 valence electrons. The Morgan fingerprint density at radius 3 is 2.54 bits per heavy atom. The van der Waals surface area contributed by atoms with E-state index in [0.717, 1.165) is 23.9 Å². The molecule has 0 saturated heterocycles. The molecule has 0 radical (unpaired) electrons. The molecule has 0 aromatic heterocycles. The van der Waals surface area contributed by atoms with Crippen LogP contribution in [0, 0.1) is 18.3 Å². The fourth-order valence-corrected chi connectivity index (χ4v) is 2.09. The molecule has 0 aliphatic rings. The molecule has 5 nitrogen and oxygen atoms in total. The van der Waals surface area contributed by atoms with Gasteiger partial charge >= 0.3 is 6.18 Å². The molecule has 0 aliphatic carbocycles. The van der Waals surface area contributed by atoms with Crippen LogP contribution in [0.3, 0.4) is 0 Å². The van der Waals surface area contributed by atoms with Gasteiger partial charge in [0, 0.05) is 6.20 Å². The first kappa shape index (κ1) is 18.9. The highest BCUT2D eigenvalue weighted by Crippen LogP contribution is 2.34. The maximum Gasteiger partial charge on any atom is 0.418 e. The van der Waals surface area contributed by atoms with Crippen LogP contribution in [-0.2, 0) is 11.0 Å². The minimum Gasteiger partial charge on any atom is -0.506 e. The minimum atomic E-state index is -4.65. The summed E-state index contributed by atoms with van der Waals surface area (Å²) in [5.74, 6) is -1.11. The predicted molar refractivity (Wildman–Crippen MR) is 90.2 cm³/mol. The molecule has 3 N–H and O–H groups in total. The van der Waals surface area contributed by atoms with Gasteiger partial charge in [0.2, 0.25) is 0 Å². The number of halogens is 3. The van der Waals surface area contributed by atoms with Gasteiger partial charge in [-0.15, -0.1) is 0 Å². The van der Waals surface area contributed by atoms with Crippen LogP contribution >= 0.6 is 0 Å². The number of carbonyl (C=O) groups is 1. The van der Waals surface area contributed by atoms with Crippen LogP contribution in [0.5, 0.6) is 5.75 Å². The normalized spacial score (nSPS) is 11.6. The highest BCUT2D eigenvalue weighted by molar-refractivity contribution is 6.07. The molecule has 1 amide bonds. The third-order valence-corrected chi connectivity index (χ3v) is 3.37. The van der Waals surface area contributed by atoms with E-state index in [9.17, 15) is 23.1 Å².